The van der Waals surface area contributed by atoms with Crippen LogP contribution in [-0.4, -0.2) is 23.0 Å². The van der Waals surface area contributed by atoms with E-state index in [9.17, 15) is 4.79 Å². The molecule has 0 saturated heterocycles. The van der Waals surface area contributed by atoms with E-state index in [2.05, 4.69) is 9.97 Å². The second-order valence-corrected chi connectivity index (χ2v) is 5.19. The number of nitrogens with zero attached hydrogens (tertiary/aromatic N) is 2. The number of hydrogen-bond donors (Lipinski definition) is 1. The van der Waals surface area contributed by atoms with Gasteiger partial charge in [0.25, 0.3) is 0 Å². The molecule has 1 aromatic carbocycles. The lowest BCUT2D eigenvalue weighted by Crippen LogP contribution is -2.01. The van der Waals surface area contributed by atoms with Gasteiger partial charge in [0.1, 0.15) is 0 Å². The van der Waals surface area contributed by atoms with Gasteiger partial charge >= 0.3 is 5.97 Å². The third-order valence-electron chi connectivity index (χ3n) is 2.91. The van der Waals surface area contributed by atoms with Gasteiger partial charge in [0.15, 0.2) is 5.13 Å². The van der Waals surface area contributed by atoms with Gasteiger partial charge in [-0.3, -0.25) is 4.98 Å². The van der Waals surface area contributed by atoms with Crippen LogP contribution in [0.2, 0.25) is 0 Å². The van der Waals surface area contributed by atoms with Crippen LogP contribution in [-0.2, 0) is 4.74 Å². The van der Waals surface area contributed by atoms with E-state index in [1.807, 2.05) is 18.2 Å². The van der Waals surface area contributed by atoms with Crippen molar-refractivity contribution in [1.29, 1.82) is 0 Å². The first-order chi connectivity index (χ1) is 9.69. The SMILES string of the molecule is COC(=O)c1cc(-c2cccnc2)cc2nc(N)sc12. The number of thiazole rings is 1. The molecule has 0 saturated carbocycles. The van der Waals surface area contributed by atoms with E-state index in [4.69, 9.17) is 10.5 Å². The molecule has 5 nitrogen and oxygen atoms in total. The number of aromatic nitrogens is 2. The first-order valence-electron chi connectivity index (χ1n) is 5.88. The summed E-state index contributed by atoms with van der Waals surface area (Å²) in [5.74, 6) is -0.399. The highest BCUT2D eigenvalue weighted by Crippen LogP contribution is 2.32. The summed E-state index contributed by atoms with van der Waals surface area (Å²) in [7, 11) is 1.36. The Bertz CT molecular complexity index is 784. The smallest absolute Gasteiger partial charge is 0.339 e. The van der Waals surface area contributed by atoms with Crippen LogP contribution in [0.5, 0.6) is 0 Å². The van der Waals surface area contributed by atoms with Gasteiger partial charge in [-0.1, -0.05) is 17.4 Å². The molecule has 0 amide bonds. The number of benzene rings is 1. The highest BCUT2D eigenvalue weighted by molar-refractivity contribution is 7.22. The molecule has 0 radical (unpaired) electrons. The lowest BCUT2D eigenvalue weighted by molar-refractivity contribution is 0.0603. The molecule has 2 aromatic heterocycles. The first-order valence-corrected chi connectivity index (χ1v) is 6.69. The fraction of sp³-hybridized carbons (Fsp3) is 0.0714. The third-order valence-corrected chi connectivity index (χ3v) is 3.84. The van der Waals surface area contributed by atoms with Crippen molar-refractivity contribution in [3.63, 3.8) is 0 Å². The van der Waals surface area contributed by atoms with Crippen LogP contribution >= 0.6 is 11.3 Å². The van der Waals surface area contributed by atoms with E-state index in [1.165, 1.54) is 18.4 Å². The summed E-state index contributed by atoms with van der Waals surface area (Å²) in [5, 5.41) is 0.425. The van der Waals surface area contributed by atoms with Gasteiger partial charge in [-0.2, -0.15) is 0 Å². The Balaban J connectivity index is 2.27. The minimum atomic E-state index is -0.399. The highest BCUT2D eigenvalue weighted by Gasteiger charge is 2.16. The summed E-state index contributed by atoms with van der Waals surface area (Å²) >= 11 is 1.28. The number of ether oxygens (including phenoxy) is 1. The summed E-state index contributed by atoms with van der Waals surface area (Å²) < 4.78 is 5.57. The minimum Gasteiger partial charge on any atom is -0.465 e. The van der Waals surface area contributed by atoms with Crippen molar-refractivity contribution in [2.24, 2.45) is 0 Å². The van der Waals surface area contributed by atoms with Crippen molar-refractivity contribution in [2.45, 2.75) is 0 Å². The predicted octanol–water partition coefficient (Wildman–Crippen LogP) is 2.73. The maximum absolute atomic E-state index is 11.9. The number of esters is 1. The van der Waals surface area contributed by atoms with Crippen LogP contribution < -0.4 is 5.73 Å². The molecule has 0 bridgehead atoms. The molecule has 0 spiro atoms. The van der Waals surface area contributed by atoms with Gasteiger partial charge in [0.05, 0.1) is 22.9 Å². The summed E-state index contributed by atoms with van der Waals surface area (Å²) in [6.45, 7) is 0. The number of fused-ring (bicyclic) bond motifs is 1. The molecule has 100 valence electrons. The molecule has 3 aromatic rings. The summed E-state index contributed by atoms with van der Waals surface area (Å²) in [6.07, 6.45) is 3.43. The maximum Gasteiger partial charge on any atom is 0.339 e. The number of nitrogen functional groups attached to an aromatic ring is 1. The van der Waals surface area contributed by atoms with Crippen molar-refractivity contribution in [3.8, 4) is 11.1 Å². The molecule has 0 unspecified atom stereocenters. The normalized spacial score (nSPS) is 10.7. The molecule has 0 aliphatic rings. The van der Waals surface area contributed by atoms with Crippen LogP contribution in [0.3, 0.4) is 0 Å². The number of hydrogen-bond acceptors (Lipinski definition) is 6. The Hall–Kier alpha value is -2.47. The molecular weight excluding hydrogens is 274 g/mol. The largest absolute Gasteiger partial charge is 0.465 e. The van der Waals surface area contributed by atoms with E-state index in [0.29, 0.717) is 16.2 Å². The van der Waals surface area contributed by atoms with Crippen LogP contribution in [0.4, 0.5) is 5.13 Å². The molecular formula is C14H11N3O2S. The summed E-state index contributed by atoms with van der Waals surface area (Å²) in [6, 6.07) is 7.44. The average molecular weight is 285 g/mol. The lowest BCUT2D eigenvalue weighted by Gasteiger charge is -2.05. The fourth-order valence-electron chi connectivity index (χ4n) is 2.01. The van der Waals surface area contributed by atoms with Gasteiger partial charge in [-0.05, 0) is 23.8 Å². The number of anilines is 1. The van der Waals surface area contributed by atoms with Crippen molar-refractivity contribution in [3.05, 3.63) is 42.2 Å². The van der Waals surface area contributed by atoms with E-state index in [-0.39, 0.29) is 0 Å². The molecule has 2 heterocycles. The van der Waals surface area contributed by atoms with Crippen LogP contribution in [0, 0.1) is 0 Å². The second-order valence-electron chi connectivity index (χ2n) is 4.16. The van der Waals surface area contributed by atoms with E-state index < -0.39 is 5.97 Å². The molecule has 6 heteroatoms. The molecule has 2 N–H and O–H groups in total. The van der Waals surface area contributed by atoms with E-state index >= 15 is 0 Å². The number of pyridine rings is 1. The molecule has 20 heavy (non-hydrogen) atoms. The van der Waals surface area contributed by atoms with Gasteiger partial charge in [0.2, 0.25) is 0 Å². The first kappa shape index (κ1) is 12.6. The molecule has 3 rings (SSSR count). The standard InChI is InChI=1S/C14H11N3O2S/c1-19-13(18)10-5-9(8-3-2-4-16-7-8)6-11-12(10)20-14(15)17-11/h2-7H,1H3,(H2,15,17). The van der Waals surface area contributed by atoms with Crippen molar-refractivity contribution in [1.82, 2.24) is 9.97 Å². The highest BCUT2D eigenvalue weighted by atomic mass is 32.1. The zero-order valence-corrected chi connectivity index (χ0v) is 11.5. The molecule has 0 aliphatic heterocycles. The van der Waals surface area contributed by atoms with Crippen LogP contribution in [0.15, 0.2) is 36.7 Å². The number of carbonyl (C=O) groups is 1. The zero-order chi connectivity index (χ0) is 14.1. The minimum absolute atomic E-state index is 0.399. The Morgan fingerprint density at radius 1 is 1.35 bits per heavy atom. The van der Waals surface area contributed by atoms with E-state index in [0.717, 1.165) is 15.8 Å². The monoisotopic (exact) mass is 285 g/mol. The summed E-state index contributed by atoms with van der Waals surface area (Å²) in [5.41, 5.74) is 8.66. The van der Waals surface area contributed by atoms with Gasteiger partial charge < -0.3 is 10.5 Å². The zero-order valence-electron chi connectivity index (χ0n) is 10.7. The van der Waals surface area contributed by atoms with Crippen LogP contribution in [0.1, 0.15) is 10.4 Å². The average Bonchev–Trinajstić information content (AvgIpc) is 2.86. The number of methoxy groups -OCH3 is 1. The van der Waals surface area contributed by atoms with Crippen molar-refractivity contribution in [2.75, 3.05) is 12.8 Å². The Morgan fingerprint density at radius 3 is 2.90 bits per heavy atom. The topological polar surface area (TPSA) is 78.1 Å². The van der Waals surface area contributed by atoms with Gasteiger partial charge in [-0.25, -0.2) is 9.78 Å². The summed E-state index contributed by atoms with van der Waals surface area (Å²) in [4.78, 5) is 20.2. The maximum atomic E-state index is 11.9. The Morgan fingerprint density at radius 2 is 2.20 bits per heavy atom. The Kier molecular flexibility index (Phi) is 3.08. The number of nitrogens with two attached hydrogens (primary N) is 1. The number of rotatable bonds is 2. The van der Waals surface area contributed by atoms with Crippen LogP contribution in [0.25, 0.3) is 21.3 Å². The van der Waals surface area contributed by atoms with E-state index in [1.54, 1.807) is 18.5 Å². The van der Waals surface area contributed by atoms with Gasteiger partial charge in [0, 0.05) is 18.0 Å². The van der Waals surface area contributed by atoms with Crippen molar-refractivity contribution < 1.29 is 9.53 Å². The lowest BCUT2D eigenvalue weighted by atomic mass is 10.0. The molecule has 0 aliphatic carbocycles. The second kappa shape index (κ2) is 4.90. The van der Waals surface area contributed by atoms with Crippen molar-refractivity contribution >= 4 is 32.7 Å². The predicted molar refractivity (Wildman–Crippen MR) is 78.6 cm³/mol. The quantitative estimate of drug-likeness (QED) is 0.732. The molecule has 0 fully saturated rings. The third kappa shape index (κ3) is 2.10. The Labute approximate surface area is 119 Å². The van der Waals surface area contributed by atoms with Gasteiger partial charge in [-0.15, -0.1) is 0 Å². The fourth-order valence-corrected chi connectivity index (χ4v) is 2.83. The molecule has 0 atom stereocenters. The number of carbonyl (C=O) groups excluding carboxylic acids is 1.